The van der Waals surface area contributed by atoms with E-state index in [0.29, 0.717) is 24.2 Å². The predicted molar refractivity (Wildman–Crippen MR) is 149 cm³/mol. The van der Waals surface area contributed by atoms with Gasteiger partial charge in [0.1, 0.15) is 5.78 Å². The van der Waals surface area contributed by atoms with E-state index in [-0.39, 0.29) is 22.9 Å². The van der Waals surface area contributed by atoms with Crippen molar-refractivity contribution in [2.75, 3.05) is 18.0 Å². The highest BCUT2D eigenvalue weighted by Crippen LogP contribution is 2.70. The van der Waals surface area contributed by atoms with Gasteiger partial charge in [-0.1, -0.05) is 37.5 Å². The van der Waals surface area contributed by atoms with Crippen molar-refractivity contribution in [3.8, 4) is 11.8 Å². The molecule has 1 aliphatic heterocycles. The summed E-state index contributed by atoms with van der Waals surface area (Å²) in [6.07, 6.45) is 10.00. The molecule has 3 heteroatoms. The van der Waals surface area contributed by atoms with Gasteiger partial charge in [0, 0.05) is 31.1 Å². The molecule has 0 aromatic heterocycles. The average Bonchev–Trinajstić information content (AvgIpc) is 3.52. The summed E-state index contributed by atoms with van der Waals surface area (Å²) < 4.78 is 0. The molecule has 0 amide bonds. The number of Topliss-reactive ketones (excluding diaryl/α,β-unsaturated/α-hetero) is 1. The minimum atomic E-state index is -0.557. The highest BCUT2D eigenvalue weighted by molar-refractivity contribution is 5.93. The van der Waals surface area contributed by atoms with Crippen LogP contribution in [0, 0.1) is 40.4 Å². The number of hydrogen-bond acceptors (Lipinski definition) is 3. The molecular formula is C34H41NO2. The highest BCUT2D eigenvalue weighted by atomic mass is 16.1. The molecule has 0 N–H and O–H groups in total. The van der Waals surface area contributed by atoms with Gasteiger partial charge in [-0.15, -0.1) is 5.92 Å². The van der Waals surface area contributed by atoms with Crippen LogP contribution in [0.15, 0.2) is 47.1 Å². The second-order valence-corrected chi connectivity index (χ2v) is 12.7. The molecule has 5 aliphatic rings. The van der Waals surface area contributed by atoms with Crippen molar-refractivity contribution in [1.82, 2.24) is 0 Å². The molecule has 1 heterocycles. The van der Waals surface area contributed by atoms with Crippen molar-refractivity contribution in [2.45, 2.75) is 85.0 Å². The van der Waals surface area contributed by atoms with Crippen LogP contribution in [0.4, 0.5) is 5.69 Å². The molecular weight excluding hydrogens is 454 g/mol. The maximum Gasteiger partial charge on any atom is 0.156 e. The van der Waals surface area contributed by atoms with Gasteiger partial charge < -0.3 is 4.90 Å². The van der Waals surface area contributed by atoms with Gasteiger partial charge in [0.15, 0.2) is 5.78 Å². The largest absolute Gasteiger partial charge is 0.372 e. The van der Waals surface area contributed by atoms with Gasteiger partial charge in [-0.3, -0.25) is 9.59 Å². The van der Waals surface area contributed by atoms with Gasteiger partial charge in [-0.25, -0.2) is 0 Å². The summed E-state index contributed by atoms with van der Waals surface area (Å²) in [5.41, 5.74) is 6.35. The molecule has 2 unspecified atom stereocenters. The van der Waals surface area contributed by atoms with Gasteiger partial charge in [0.2, 0.25) is 0 Å². The third-order valence-electron chi connectivity index (χ3n) is 11.0. The molecule has 3 fully saturated rings. The van der Waals surface area contributed by atoms with Crippen LogP contribution in [0.1, 0.15) is 90.5 Å². The van der Waals surface area contributed by atoms with Crippen molar-refractivity contribution in [3.63, 3.8) is 0 Å². The Morgan fingerprint density at radius 2 is 1.84 bits per heavy atom. The number of carbonyl (C=O) groups is 2. The molecule has 3 nitrogen and oxygen atoms in total. The van der Waals surface area contributed by atoms with Crippen LogP contribution in [0.3, 0.4) is 0 Å². The third kappa shape index (κ3) is 3.62. The van der Waals surface area contributed by atoms with E-state index in [2.05, 4.69) is 54.9 Å². The number of ketones is 2. The molecule has 1 aromatic carbocycles. The van der Waals surface area contributed by atoms with E-state index in [1.165, 1.54) is 35.2 Å². The summed E-state index contributed by atoms with van der Waals surface area (Å²) in [4.78, 5) is 28.3. The number of allylic oxidation sites excluding steroid dienone is 4. The zero-order valence-electron chi connectivity index (χ0n) is 23.0. The summed E-state index contributed by atoms with van der Waals surface area (Å²) in [5.74, 6) is 8.79. The van der Waals surface area contributed by atoms with Crippen molar-refractivity contribution in [2.24, 2.45) is 28.6 Å². The number of anilines is 1. The summed E-state index contributed by atoms with van der Waals surface area (Å²) in [6.45, 7) is 10.7. The van der Waals surface area contributed by atoms with E-state index in [0.717, 1.165) is 45.2 Å². The lowest BCUT2D eigenvalue weighted by atomic mass is 9.47. The summed E-state index contributed by atoms with van der Waals surface area (Å²) in [7, 11) is 0. The lowest BCUT2D eigenvalue weighted by molar-refractivity contribution is -0.130. The Bertz CT molecular complexity index is 1250. The number of hydrogen-bond donors (Lipinski definition) is 0. The smallest absolute Gasteiger partial charge is 0.156 e. The molecule has 4 aliphatic carbocycles. The Morgan fingerprint density at radius 1 is 1.11 bits per heavy atom. The van der Waals surface area contributed by atoms with Crippen LogP contribution in [0.25, 0.3) is 0 Å². The van der Waals surface area contributed by atoms with Gasteiger partial charge in [-0.2, -0.15) is 0 Å². The second-order valence-electron chi connectivity index (χ2n) is 12.7. The SMILES string of the molecule is CC#C[C@]1(C(C)=O)CC[C@H]2[C@@H]3CC(C)C4=CC(=O)CCC4=C3C(c3ccc(N4CCCC4)cc3)C[C@@]21C. The molecule has 1 saturated heterocycles. The van der Waals surface area contributed by atoms with E-state index < -0.39 is 5.41 Å². The number of carbonyl (C=O) groups excluding carboxylic acids is 2. The van der Waals surface area contributed by atoms with Crippen LogP contribution in [-0.2, 0) is 9.59 Å². The lowest BCUT2D eigenvalue weighted by Gasteiger charge is -2.55. The molecule has 6 atom stereocenters. The van der Waals surface area contributed by atoms with Crippen molar-refractivity contribution < 1.29 is 9.59 Å². The minimum Gasteiger partial charge on any atom is -0.372 e. The van der Waals surface area contributed by atoms with Gasteiger partial charge >= 0.3 is 0 Å². The summed E-state index contributed by atoms with van der Waals surface area (Å²) in [6, 6.07) is 9.36. The topological polar surface area (TPSA) is 37.4 Å². The Balaban J connectivity index is 1.51. The Hall–Kier alpha value is -2.60. The molecule has 6 rings (SSSR count). The fourth-order valence-corrected chi connectivity index (χ4v) is 9.26. The number of fused-ring (bicyclic) bond motifs is 4. The van der Waals surface area contributed by atoms with Crippen molar-refractivity contribution in [3.05, 3.63) is 52.6 Å². The first-order valence-corrected chi connectivity index (χ1v) is 14.6. The van der Waals surface area contributed by atoms with Crippen LogP contribution in [-0.4, -0.2) is 24.7 Å². The first-order chi connectivity index (χ1) is 17.8. The Morgan fingerprint density at radius 3 is 2.51 bits per heavy atom. The van der Waals surface area contributed by atoms with Gasteiger partial charge in [-0.05, 0) is 117 Å². The molecule has 0 radical (unpaired) electrons. The van der Waals surface area contributed by atoms with Gasteiger partial charge in [0.25, 0.3) is 0 Å². The summed E-state index contributed by atoms with van der Waals surface area (Å²) in [5, 5.41) is 0. The average molecular weight is 496 g/mol. The Labute approximate surface area is 222 Å². The highest BCUT2D eigenvalue weighted by Gasteiger charge is 2.65. The van der Waals surface area contributed by atoms with Crippen molar-refractivity contribution in [1.29, 1.82) is 0 Å². The predicted octanol–water partition coefficient (Wildman–Crippen LogP) is 7.03. The van der Waals surface area contributed by atoms with Crippen LogP contribution >= 0.6 is 0 Å². The first-order valence-electron chi connectivity index (χ1n) is 14.6. The molecule has 1 aromatic rings. The molecule has 0 bridgehead atoms. The standard InChI is InChI=1S/C34H41NO2/c1-5-15-34(23(3)36)16-14-31-29-19-22(2)28-20-26(37)12-13-27(28)32(29)30(21-33(31,34)4)24-8-10-25(11-9-24)35-17-6-7-18-35/h8-11,20,22,29-31H,6-7,12-14,16-19,21H2,1-4H3/t22?,29-,30?,31-,33-,34+/m0/s1. The fourth-order valence-electron chi connectivity index (χ4n) is 9.26. The van der Waals surface area contributed by atoms with Crippen molar-refractivity contribution >= 4 is 17.3 Å². The minimum absolute atomic E-state index is 0.152. The van der Waals surface area contributed by atoms with Crippen LogP contribution in [0.2, 0.25) is 0 Å². The first kappa shape index (κ1) is 24.7. The second kappa shape index (κ2) is 9.00. The zero-order chi connectivity index (χ0) is 25.9. The number of benzene rings is 1. The number of rotatable bonds is 3. The normalized spacial score (nSPS) is 36.8. The van der Waals surface area contributed by atoms with Crippen LogP contribution < -0.4 is 4.90 Å². The van der Waals surface area contributed by atoms with E-state index in [1.54, 1.807) is 12.5 Å². The molecule has 0 spiro atoms. The van der Waals surface area contributed by atoms with Crippen LogP contribution in [0.5, 0.6) is 0 Å². The molecule has 2 saturated carbocycles. The number of nitrogens with zero attached hydrogens (tertiary/aromatic N) is 1. The lowest BCUT2D eigenvalue weighted by Crippen LogP contribution is -2.50. The maximum atomic E-state index is 13.4. The Kier molecular flexibility index (Phi) is 6.02. The van der Waals surface area contributed by atoms with Gasteiger partial charge in [0.05, 0.1) is 5.41 Å². The summed E-state index contributed by atoms with van der Waals surface area (Å²) >= 11 is 0. The van der Waals surface area contributed by atoms with E-state index in [1.807, 2.05) is 13.0 Å². The quantitative estimate of drug-likeness (QED) is 0.423. The molecule has 194 valence electrons. The molecule has 37 heavy (non-hydrogen) atoms. The third-order valence-corrected chi connectivity index (χ3v) is 11.0. The fraction of sp³-hybridized carbons (Fsp3) is 0.588. The zero-order valence-corrected chi connectivity index (χ0v) is 23.0. The van der Waals surface area contributed by atoms with E-state index >= 15 is 0 Å². The van der Waals surface area contributed by atoms with E-state index in [4.69, 9.17) is 0 Å². The monoisotopic (exact) mass is 495 g/mol. The van der Waals surface area contributed by atoms with E-state index in [9.17, 15) is 9.59 Å². The maximum absolute atomic E-state index is 13.4.